The van der Waals surface area contributed by atoms with Crippen molar-refractivity contribution in [3.05, 3.63) is 23.8 Å². The summed E-state index contributed by atoms with van der Waals surface area (Å²) in [5.41, 5.74) is 1.33. The highest BCUT2D eigenvalue weighted by molar-refractivity contribution is 5.43. The Labute approximate surface area is 109 Å². The maximum Gasteiger partial charge on any atom is 0.126 e. The molecule has 3 nitrogen and oxygen atoms in total. The lowest BCUT2D eigenvalue weighted by Crippen LogP contribution is -2.35. The molecule has 1 aliphatic heterocycles. The van der Waals surface area contributed by atoms with Crippen LogP contribution in [0.1, 0.15) is 31.2 Å². The van der Waals surface area contributed by atoms with Gasteiger partial charge in [-0.05, 0) is 43.0 Å². The van der Waals surface area contributed by atoms with Crippen molar-refractivity contribution in [2.24, 2.45) is 5.92 Å². The molecule has 0 aromatic heterocycles. The third kappa shape index (κ3) is 2.61. The van der Waals surface area contributed by atoms with Gasteiger partial charge in [0.05, 0.1) is 14.2 Å². The van der Waals surface area contributed by atoms with Gasteiger partial charge in [0.15, 0.2) is 0 Å². The molecule has 1 fully saturated rings. The molecular formula is C15H23NO2. The largest absolute Gasteiger partial charge is 0.497 e. The lowest BCUT2D eigenvalue weighted by atomic mass is 9.79. The number of nitrogens with one attached hydrogen (secondary N) is 1. The fraction of sp³-hybridized carbons (Fsp3) is 0.600. The van der Waals surface area contributed by atoms with Crippen LogP contribution in [-0.4, -0.2) is 27.3 Å². The lowest BCUT2D eigenvalue weighted by molar-refractivity contribution is 0.306. The van der Waals surface area contributed by atoms with Gasteiger partial charge in [-0.2, -0.15) is 0 Å². The molecule has 18 heavy (non-hydrogen) atoms. The average Bonchev–Trinajstić information content (AvgIpc) is 2.46. The smallest absolute Gasteiger partial charge is 0.126 e. The zero-order valence-electron chi connectivity index (χ0n) is 11.5. The van der Waals surface area contributed by atoms with E-state index < -0.39 is 0 Å². The first-order valence-electron chi connectivity index (χ1n) is 6.72. The molecule has 0 aliphatic carbocycles. The summed E-state index contributed by atoms with van der Waals surface area (Å²) in [4.78, 5) is 0. The van der Waals surface area contributed by atoms with Crippen molar-refractivity contribution in [2.75, 3.05) is 27.3 Å². The molecule has 0 saturated carbocycles. The van der Waals surface area contributed by atoms with Crippen LogP contribution in [0, 0.1) is 5.92 Å². The van der Waals surface area contributed by atoms with E-state index in [1.54, 1.807) is 14.2 Å². The summed E-state index contributed by atoms with van der Waals surface area (Å²) in [5, 5.41) is 3.48. The second-order valence-electron chi connectivity index (χ2n) is 4.88. The summed E-state index contributed by atoms with van der Waals surface area (Å²) in [7, 11) is 3.42. The van der Waals surface area contributed by atoms with E-state index in [4.69, 9.17) is 9.47 Å². The molecule has 2 unspecified atom stereocenters. The Kier molecular flexibility index (Phi) is 4.48. The van der Waals surface area contributed by atoms with Crippen LogP contribution in [0.25, 0.3) is 0 Å². The average molecular weight is 249 g/mol. The van der Waals surface area contributed by atoms with Gasteiger partial charge < -0.3 is 14.8 Å². The van der Waals surface area contributed by atoms with E-state index in [1.165, 1.54) is 18.4 Å². The Balaban J connectivity index is 2.30. The molecular weight excluding hydrogens is 226 g/mol. The number of piperidine rings is 1. The monoisotopic (exact) mass is 249 g/mol. The lowest BCUT2D eigenvalue weighted by Gasteiger charge is -2.32. The van der Waals surface area contributed by atoms with Crippen molar-refractivity contribution in [2.45, 2.75) is 25.7 Å². The first kappa shape index (κ1) is 13.2. The zero-order valence-corrected chi connectivity index (χ0v) is 11.5. The molecule has 1 N–H and O–H groups in total. The van der Waals surface area contributed by atoms with Crippen molar-refractivity contribution in [1.82, 2.24) is 5.32 Å². The fourth-order valence-corrected chi connectivity index (χ4v) is 2.89. The Morgan fingerprint density at radius 1 is 1.28 bits per heavy atom. The highest BCUT2D eigenvalue weighted by Crippen LogP contribution is 2.38. The van der Waals surface area contributed by atoms with Gasteiger partial charge >= 0.3 is 0 Å². The third-order valence-electron chi connectivity index (χ3n) is 3.97. The number of benzene rings is 1. The normalized spacial score (nSPS) is 23.7. The molecule has 0 spiro atoms. The summed E-state index contributed by atoms with van der Waals surface area (Å²) in [6.07, 6.45) is 2.38. The molecule has 1 heterocycles. The highest BCUT2D eigenvalue weighted by Gasteiger charge is 2.27. The molecule has 1 aromatic carbocycles. The third-order valence-corrected chi connectivity index (χ3v) is 3.97. The van der Waals surface area contributed by atoms with Gasteiger partial charge in [-0.15, -0.1) is 0 Å². The quantitative estimate of drug-likeness (QED) is 0.890. The predicted octanol–water partition coefficient (Wildman–Crippen LogP) is 2.81. The van der Waals surface area contributed by atoms with Crippen molar-refractivity contribution in [3.63, 3.8) is 0 Å². The van der Waals surface area contributed by atoms with E-state index in [1.807, 2.05) is 12.1 Å². The first-order valence-corrected chi connectivity index (χ1v) is 6.72. The SMILES string of the molecule is CCC1CNCCC1c1ccc(OC)cc1OC. The molecule has 2 rings (SSSR count). The van der Waals surface area contributed by atoms with Crippen molar-refractivity contribution >= 4 is 0 Å². The van der Waals surface area contributed by atoms with E-state index in [-0.39, 0.29) is 0 Å². The molecule has 1 aromatic rings. The summed E-state index contributed by atoms with van der Waals surface area (Å²) in [6, 6.07) is 6.19. The molecule has 0 radical (unpaired) electrons. The standard InChI is InChI=1S/C15H23NO2/c1-4-11-10-16-8-7-13(11)14-6-5-12(17-2)9-15(14)18-3/h5-6,9,11,13,16H,4,7-8,10H2,1-3H3. The molecule has 3 heteroatoms. The minimum atomic E-state index is 0.595. The Morgan fingerprint density at radius 3 is 2.78 bits per heavy atom. The minimum Gasteiger partial charge on any atom is -0.497 e. The summed E-state index contributed by atoms with van der Waals surface area (Å²) in [5.74, 6) is 3.11. The zero-order chi connectivity index (χ0) is 13.0. The Bertz CT molecular complexity index is 392. The van der Waals surface area contributed by atoms with Crippen LogP contribution in [0.4, 0.5) is 0 Å². The molecule has 1 saturated heterocycles. The van der Waals surface area contributed by atoms with Crippen LogP contribution in [-0.2, 0) is 0 Å². The van der Waals surface area contributed by atoms with Crippen LogP contribution >= 0.6 is 0 Å². The van der Waals surface area contributed by atoms with Crippen LogP contribution in [0.2, 0.25) is 0 Å². The maximum atomic E-state index is 5.53. The number of rotatable bonds is 4. The molecule has 100 valence electrons. The first-order chi connectivity index (χ1) is 8.80. The highest BCUT2D eigenvalue weighted by atomic mass is 16.5. The molecule has 2 atom stereocenters. The van der Waals surface area contributed by atoms with Gasteiger partial charge in [-0.1, -0.05) is 19.4 Å². The van der Waals surface area contributed by atoms with Gasteiger partial charge in [-0.3, -0.25) is 0 Å². The van der Waals surface area contributed by atoms with Gasteiger partial charge in [0, 0.05) is 6.07 Å². The predicted molar refractivity (Wildman–Crippen MR) is 73.6 cm³/mol. The Morgan fingerprint density at radius 2 is 2.11 bits per heavy atom. The summed E-state index contributed by atoms with van der Waals surface area (Å²) >= 11 is 0. The van der Waals surface area contributed by atoms with Crippen LogP contribution in [0.15, 0.2) is 18.2 Å². The van der Waals surface area contributed by atoms with Crippen LogP contribution in [0.5, 0.6) is 11.5 Å². The van der Waals surface area contributed by atoms with Gasteiger partial charge in [0.1, 0.15) is 11.5 Å². The fourth-order valence-electron chi connectivity index (χ4n) is 2.89. The van der Waals surface area contributed by atoms with Crippen LogP contribution in [0.3, 0.4) is 0 Å². The number of hydrogen-bond donors (Lipinski definition) is 1. The van der Waals surface area contributed by atoms with Gasteiger partial charge in [0.25, 0.3) is 0 Å². The van der Waals surface area contributed by atoms with Crippen molar-refractivity contribution in [3.8, 4) is 11.5 Å². The van der Waals surface area contributed by atoms with E-state index in [0.717, 1.165) is 24.6 Å². The van der Waals surface area contributed by atoms with Crippen LogP contribution < -0.4 is 14.8 Å². The summed E-state index contributed by atoms with van der Waals surface area (Å²) in [6.45, 7) is 4.47. The second-order valence-corrected chi connectivity index (χ2v) is 4.88. The number of ether oxygens (including phenoxy) is 2. The van der Waals surface area contributed by atoms with E-state index in [0.29, 0.717) is 11.8 Å². The number of methoxy groups -OCH3 is 2. The summed E-state index contributed by atoms with van der Waals surface area (Å²) < 4.78 is 10.8. The minimum absolute atomic E-state index is 0.595. The van der Waals surface area contributed by atoms with E-state index >= 15 is 0 Å². The van der Waals surface area contributed by atoms with E-state index in [2.05, 4.69) is 18.3 Å². The molecule has 0 amide bonds. The Hall–Kier alpha value is -1.22. The van der Waals surface area contributed by atoms with E-state index in [9.17, 15) is 0 Å². The topological polar surface area (TPSA) is 30.5 Å². The molecule has 0 bridgehead atoms. The van der Waals surface area contributed by atoms with Gasteiger partial charge in [-0.25, -0.2) is 0 Å². The van der Waals surface area contributed by atoms with Crippen molar-refractivity contribution < 1.29 is 9.47 Å². The van der Waals surface area contributed by atoms with Crippen molar-refractivity contribution in [1.29, 1.82) is 0 Å². The molecule has 1 aliphatic rings. The maximum absolute atomic E-state index is 5.53. The second kappa shape index (κ2) is 6.10. The number of hydrogen-bond acceptors (Lipinski definition) is 3. The van der Waals surface area contributed by atoms with Gasteiger partial charge in [0.2, 0.25) is 0 Å².